The van der Waals surface area contributed by atoms with Crippen LogP contribution in [0.25, 0.3) is 22.2 Å². The van der Waals surface area contributed by atoms with Gasteiger partial charge in [0.1, 0.15) is 22.1 Å². The fourth-order valence-electron chi connectivity index (χ4n) is 2.36. The lowest BCUT2D eigenvalue weighted by molar-refractivity contribution is 0.0951. The number of rotatable bonds is 2. The van der Waals surface area contributed by atoms with Gasteiger partial charge >= 0.3 is 0 Å². The van der Waals surface area contributed by atoms with E-state index in [4.69, 9.17) is 0 Å². The Hall–Kier alpha value is -2.61. The molecule has 0 atom stereocenters. The molecular formula is C14H12N6OS. The molecule has 2 N–H and O–H groups in total. The van der Waals surface area contributed by atoms with E-state index in [9.17, 15) is 4.79 Å². The van der Waals surface area contributed by atoms with Gasteiger partial charge in [-0.2, -0.15) is 0 Å². The van der Waals surface area contributed by atoms with Gasteiger partial charge < -0.3 is 10.3 Å². The maximum Gasteiger partial charge on any atom is 0.271 e. The number of aromatic nitrogens is 5. The summed E-state index contributed by atoms with van der Waals surface area (Å²) in [5, 5.41) is 5.52. The summed E-state index contributed by atoms with van der Waals surface area (Å²) < 4.78 is 0. The van der Waals surface area contributed by atoms with Crippen LogP contribution in [0.2, 0.25) is 0 Å². The van der Waals surface area contributed by atoms with Crippen LogP contribution in [-0.4, -0.2) is 37.4 Å². The Morgan fingerprint density at radius 3 is 3.00 bits per heavy atom. The van der Waals surface area contributed by atoms with Gasteiger partial charge in [0, 0.05) is 30.0 Å². The zero-order valence-corrected chi connectivity index (χ0v) is 12.4. The van der Waals surface area contributed by atoms with Crippen molar-refractivity contribution in [3.63, 3.8) is 0 Å². The number of amides is 1. The molecule has 4 heterocycles. The second-order valence-corrected chi connectivity index (χ2v) is 5.76. The van der Waals surface area contributed by atoms with Gasteiger partial charge in [0.2, 0.25) is 0 Å². The highest BCUT2D eigenvalue weighted by Gasteiger charge is 2.21. The molecule has 0 saturated heterocycles. The van der Waals surface area contributed by atoms with Crippen molar-refractivity contribution in [2.24, 2.45) is 0 Å². The maximum atomic E-state index is 11.9. The van der Waals surface area contributed by atoms with Gasteiger partial charge in [0.25, 0.3) is 5.91 Å². The maximum absolute atomic E-state index is 11.9. The van der Waals surface area contributed by atoms with E-state index >= 15 is 0 Å². The number of imidazole rings is 1. The van der Waals surface area contributed by atoms with Crippen LogP contribution in [0.1, 0.15) is 22.6 Å². The number of nitrogens with one attached hydrogen (secondary N) is 2. The third-order valence-electron chi connectivity index (χ3n) is 3.41. The molecule has 0 aromatic carbocycles. The first kappa shape index (κ1) is 13.1. The number of hydrogen-bond donors (Lipinski definition) is 2. The highest BCUT2D eigenvalue weighted by atomic mass is 32.1. The van der Waals surface area contributed by atoms with Crippen LogP contribution in [0.4, 0.5) is 0 Å². The molecule has 0 saturated carbocycles. The number of aromatic amines is 1. The smallest absolute Gasteiger partial charge is 0.271 e. The largest absolute Gasteiger partial charge is 0.351 e. The summed E-state index contributed by atoms with van der Waals surface area (Å²) in [5.74, 6) is 0.493. The first-order chi connectivity index (χ1) is 10.8. The molecular weight excluding hydrogens is 300 g/mol. The Morgan fingerprint density at radius 2 is 2.14 bits per heavy atom. The fourth-order valence-corrected chi connectivity index (χ4v) is 3.12. The molecule has 0 aliphatic carbocycles. The summed E-state index contributed by atoms with van der Waals surface area (Å²) in [6, 6.07) is 0. The van der Waals surface area contributed by atoms with Crippen LogP contribution < -0.4 is 5.32 Å². The van der Waals surface area contributed by atoms with E-state index in [1.165, 1.54) is 11.3 Å². The summed E-state index contributed by atoms with van der Waals surface area (Å²) >= 11 is 1.47. The van der Waals surface area contributed by atoms with Crippen LogP contribution in [0.5, 0.6) is 0 Å². The van der Waals surface area contributed by atoms with Gasteiger partial charge in [-0.05, 0) is 12.8 Å². The molecule has 1 aliphatic heterocycles. The molecule has 22 heavy (non-hydrogen) atoms. The highest BCUT2D eigenvalue weighted by Crippen LogP contribution is 2.27. The van der Waals surface area contributed by atoms with Gasteiger partial charge in [-0.25, -0.2) is 9.97 Å². The van der Waals surface area contributed by atoms with Gasteiger partial charge in [-0.3, -0.25) is 14.8 Å². The minimum atomic E-state index is -0.126. The van der Waals surface area contributed by atoms with Crippen molar-refractivity contribution in [1.29, 1.82) is 0 Å². The zero-order valence-electron chi connectivity index (χ0n) is 11.5. The first-order valence-corrected chi connectivity index (χ1v) is 7.78. The van der Waals surface area contributed by atoms with E-state index < -0.39 is 0 Å². The molecule has 3 aromatic heterocycles. The number of carbonyl (C=O) groups excluding carboxylic acids is 1. The Labute approximate surface area is 129 Å². The molecule has 7 nitrogen and oxygen atoms in total. The summed E-state index contributed by atoms with van der Waals surface area (Å²) in [6.45, 7) is 0.686. The molecule has 8 heteroatoms. The van der Waals surface area contributed by atoms with Gasteiger partial charge in [0.15, 0.2) is 5.82 Å². The second-order valence-electron chi connectivity index (χ2n) is 4.90. The van der Waals surface area contributed by atoms with E-state index in [1.807, 2.05) is 5.38 Å². The molecule has 0 radical (unpaired) electrons. The minimum absolute atomic E-state index is 0.126. The predicted octanol–water partition coefficient (Wildman–Crippen LogP) is 1.67. The minimum Gasteiger partial charge on any atom is -0.351 e. The zero-order chi connectivity index (χ0) is 14.9. The molecule has 0 unspecified atom stereocenters. The standard InChI is InChI=1S/C14H12N6OS/c21-13-11-8(2-1-3-17-13)18-12(20-11)10-7-22-14(19-10)9-6-15-4-5-16-9/h4-7H,1-3H2,(H,17,21)(H,18,20). The second kappa shape index (κ2) is 5.30. The van der Waals surface area contributed by atoms with E-state index in [0.29, 0.717) is 23.8 Å². The Morgan fingerprint density at radius 1 is 1.18 bits per heavy atom. The third kappa shape index (κ3) is 2.27. The molecule has 4 rings (SSSR count). The van der Waals surface area contributed by atoms with Crippen molar-refractivity contribution in [1.82, 2.24) is 30.2 Å². The number of carbonyl (C=O) groups is 1. The number of H-pyrrole nitrogens is 1. The van der Waals surface area contributed by atoms with Crippen LogP contribution in [0.3, 0.4) is 0 Å². The highest BCUT2D eigenvalue weighted by molar-refractivity contribution is 7.13. The summed E-state index contributed by atoms with van der Waals surface area (Å²) in [6.07, 6.45) is 6.65. The number of thiazole rings is 1. The Bertz CT molecular complexity index is 825. The van der Waals surface area contributed by atoms with Crippen LogP contribution in [0, 0.1) is 0 Å². The average Bonchev–Trinajstić information content (AvgIpc) is 3.16. The van der Waals surface area contributed by atoms with E-state index in [0.717, 1.165) is 29.2 Å². The molecule has 3 aromatic rings. The topological polar surface area (TPSA) is 96.5 Å². The monoisotopic (exact) mass is 312 g/mol. The summed E-state index contributed by atoms with van der Waals surface area (Å²) in [7, 11) is 0. The van der Waals surface area contributed by atoms with Crippen LogP contribution in [0.15, 0.2) is 24.0 Å². The molecule has 1 amide bonds. The quantitative estimate of drug-likeness (QED) is 0.750. The first-order valence-electron chi connectivity index (χ1n) is 6.90. The van der Waals surface area contributed by atoms with Crippen molar-refractivity contribution < 1.29 is 4.79 Å². The SMILES string of the molecule is O=C1NCCCc2[nH]c(-c3csc(-c4cnccn4)n3)nc21. The fraction of sp³-hybridized carbons (Fsp3) is 0.214. The van der Waals surface area contributed by atoms with E-state index in [1.54, 1.807) is 18.6 Å². The molecule has 0 fully saturated rings. The van der Waals surface area contributed by atoms with Crippen molar-refractivity contribution in [2.45, 2.75) is 12.8 Å². The van der Waals surface area contributed by atoms with Crippen molar-refractivity contribution in [3.05, 3.63) is 35.4 Å². The number of fused-ring (bicyclic) bond motifs is 1. The number of aryl methyl sites for hydroxylation is 1. The number of nitrogens with zero attached hydrogens (tertiary/aromatic N) is 4. The molecule has 0 bridgehead atoms. The Kier molecular flexibility index (Phi) is 3.15. The molecule has 1 aliphatic rings. The lowest BCUT2D eigenvalue weighted by atomic mass is 10.2. The number of hydrogen-bond acceptors (Lipinski definition) is 6. The van der Waals surface area contributed by atoms with Gasteiger partial charge in [0.05, 0.1) is 6.20 Å². The van der Waals surface area contributed by atoms with Crippen molar-refractivity contribution in [3.8, 4) is 22.2 Å². The van der Waals surface area contributed by atoms with Gasteiger partial charge in [-0.1, -0.05) is 0 Å². The van der Waals surface area contributed by atoms with E-state index in [2.05, 4.69) is 30.2 Å². The lowest BCUT2D eigenvalue weighted by Crippen LogP contribution is -2.23. The van der Waals surface area contributed by atoms with E-state index in [-0.39, 0.29) is 5.91 Å². The normalized spacial score (nSPS) is 14.3. The summed E-state index contributed by atoms with van der Waals surface area (Å²) in [4.78, 5) is 32.4. The van der Waals surface area contributed by atoms with Crippen LogP contribution in [-0.2, 0) is 6.42 Å². The Balaban J connectivity index is 1.70. The predicted molar refractivity (Wildman–Crippen MR) is 81.4 cm³/mol. The lowest BCUT2D eigenvalue weighted by Gasteiger charge is -1.96. The van der Waals surface area contributed by atoms with Gasteiger partial charge in [-0.15, -0.1) is 11.3 Å². The van der Waals surface area contributed by atoms with Crippen molar-refractivity contribution >= 4 is 17.2 Å². The molecule has 110 valence electrons. The van der Waals surface area contributed by atoms with Crippen molar-refractivity contribution in [2.75, 3.05) is 6.54 Å². The summed E-state index contributed by atoms with van der Waals surface area (Å²) in [5.41, 5.74) is 2.79. The molecule has 0 spiro atoms. The van der Waals surface area contributed by atoms with Crippen LogP contribution >= 0.6 is 11.3 Å². The average molecular weight is 312 g/mol. The third-order valence-corrected chi connectivity index (χ3v) is 4.28.